The van der Waals surface area contributed by atoms with E-state index < -0.39 is 9.84 Å². The average molecular weight is 207 g/mol. The van der Waals surface area contributed by atoms with Gasteiger partial charge in [0.25, 0.3) is 0 Å². The molecule has 1 N–H and O–H groups in total. The van der Waals surface area contributed by atoms with E-state index in [9.17, 15) is 8.42 Å². The van der Waals surface area contributed by atoms with E-state index in [4.69, 9.17) is 0 Å². The molecule has 4 heteroatoms. The maximum Gasteiger partial charge on any atom is 0.154 e. The second-order valence-corrected chi connectivity index (χ2v) is 6.25. The van der Waals surface area contributed by atoms with Gasteiger partial charge in [-0.1, -0.05) is 13.3 Å². The van der Waals surface area contributed by atoms with Gasteiger partial charge >= 0.3 is 0 Å². The Morgan fingerprint density at radius 2 is 1.85 bits per heavy atom. The molecule has 0 saturated carbocycles. The fourth-order valence-electron chi connectivity index (χ4n) is 1.13. The second-order valence-electron chi connectivity index (χ2n) is 3.65. The smallest absolute Gasteiger partial charge is 0.154 e. The van der Waals surface area contributed by atoms with Crippen molar-refractivity contribution in [2.24, 2.45) is 0 Å². The van der Waals surface area contributed by atoms with Crippen molar-refractivity contribution >= 4 is 9.84 Å². The molecule has 0 saturated heterocycles. The Labute approximate surface area is 81.8 Å². The molecule has 0 rings (SSSR count). The van der Waals surface area contributed by atoms with Gasteiger partial charge in [0.1, 0.15) is 0 Å². The Balaban J connectivity index is 4.23. The molecule has 0 radical (unpaired) electrons. The van der Waals surface area contributed by atoms with Crippen LogP contribution in [0, 0.1) is 0 Å². The normalized spacial score (nSPS) is 14.8. The van der Waals surface area contributed by atoms with Crippen LogP contribution >= 0.6 is 0 Å². The molecule has 80 valence electrons. The average Bonchev–Trinajstić information content (AvgIpc) is 2.03. The summed E-state index contributed by atoms with van der Waals surface area (Å²) >= 11 is 0. The van der Waals surface area contributed by atoms with Gasteiger partial charge in [-0.25, -0.2) is 8.42 Å². The van der Waals surface area contributed by atoms with Crippen LogP contribution in [0.3, 0.4) is 0 Å². The molecule has 1 atom stereocenters. The Bertz CT molecular complexity index is 222. The summed E-state index contributed by atoms with van der Waals surface area (Å²) in [6, 6.07) is 0.109. The van der Waals surface area contributed by atoms with E-state index in [0.29, 0.717) is 0 Å². The Kier molecular flexibility index (Phi) is 5.56. The summed E-state index contributed by atoms with van der Waals surface area (Å²) in [5, 5.41) is 2.77. The third-order valence-corrected chi connectivity index (χ3v) is 4.50. The minimum Gasteiger partial charge on any atom is -0.316 e. The molecule has 0 heterocycles. The lowest BCUT2D eigenvalue weighted by Gasteiger charge is -2.16. The maximum atomic E-state index is 11.5. The first-order valence-electron chi connectivity index (χ1n) is 4.82. The van der Waals surface area contributed by atoms with E-state index in [0.717, 1.165) is 12.8 Å². The summed E-state index contributed by atoms with van der Waals surface area (Å²) in [5.41, 5.74) is 0. The molecule has 0 aromatic carbocycles. The summed E-state index contributed by atoms with van der Waals surface area (Å²) < 4.78 is 23.1. The third-order valence-electron chi connectivity index (χ3n) is 2.20. The minimum atomic E-state index is -2.89. The van der Waals surface area contributed by atoms with E-state index in [-0.39, 0.29) is 17.0 Å². The summed E-state index contributed by atoms with van der Waals surface area (Å²) in [7, 11) is -1.08. The van der Waals surface area contributed by atoms with E-state index in [1.165, 1.54) is 0 Å². The quantitative estimate of drug-likeness (QED) is 0.712. The molecular formula is C9H21NO2S. The predicted octanol–water partition coefficient (Wildman–Crippen LogP) is 1.20. The summed E-state index contributed by atoms with van der Waals surface area (Å²) in [5.74, 6) is 0.259. The SMILES string of the molecule is CCCC(CS(=O)(=O)C(C)C)NC. The van der Waals surface area contributed by atoms with Crippen LogP contribution in [-0.4, -0.2) is 32.5 Å². The minimum absolute atomic E-state index is 0.109. The highest BCUT2D eigenvalue weighted by atomic mass is 32.2. The molecule has 0 aliphatic heterocycles. The topological polar surface area (TPSA) is 46.2 Å². The van der Waals surface area contributed by atoms with Crippen LogP contribution in [0.15, 0.2) is 0 Å². The van der Waals surface area contributed by atoms with Crippen LogP contribution in [0.2, 0.25) is 0 Å². The zero-order valence-electron chi connectivity index (χ0n) is 9.00. The number of nitrogens with one attached hydrogen (secondary N) is 1. The van der Waals surface area contributed by atoms with Gasteiger partial charge in [-0.2, -0.15) is 0 Å². The van der Waals surface area contributed by atoms with Crippen molar-refractivity contribution in [1.82, 2.24) is 5.32 Å². The van der Waals surface area contributed by atoms with Crippen molar-refractivity contribution in [2.75, 3.05) is 12.8 Å². The van der Waals surface area contributed by atoms with Crippen LogP contribution in [-0.2, 0) is 9.84 Å². The molecule has 13 heavy (non-hydrogen) atoms. The Hall–Kier alpha value is -0.0900. The van der Waals surface area contributed by atoms with Crippen LogP contribution in [0.25, 0.3) is 0 Å². The molecule has 0 bridgehead atoms. The van der Waals surface area contributed by atoms with E-state index >= 15 is 0 Å². The summed E-state index contributed by atoms with van der Waals surface area (Å²) in [6.45, 7) is 5.52. The van der Waals surface area contributed by atoms with Crippen molar-refractivity contribution in [3.8, 4) is 0 Å². The fourth-order valence-corrected chi connectivity index (χ4v) is 2.41. The van der Waals surface area contributed by atoms with E-state index in [2.05, 4.69) is 12.2 Å². The highest BCUT2D eigenvalue weighted by Gasteiger charge is 2.20. The summed E-state index contributed by atoms with van der Waals surface area (Å²) in [6.07, 6.45) is 1.93. The molecule has 3 nitrogen and oxygen atoms in total. The van der Waals surface area contributed by atoms with Gasteiger partial charge in [0.15, 0.2) is 9.84 Å². The van der Waals surface area contributed by atoms with Crippen molar-refractivity contribution in [3.63, 3.8) is 0 Å². The molecule has 0 aliphatic rings. The molecular weight excluding hydrogens is 186 g/mol. The van der Waals surface area contributed by atoms with Gasteiger partial charge < -0.3 is 5.32 Å². The first-order chi connectivity index (χ1) is 5.94. The number of rotatable bonds is 6. The molecule has 0 spiro atoms. The van der Waals surface area contributed by atoms with Gasteiger partial charge in [-0.15, -0.1) is 0 Å². The van der Waals surface area contributed by atoms with E-state index in [1.54, 1.807) is 13.8 Å². The zero-order chi connectivity index (χ0) is 10.5. The predicted molar refractivity (Wildman–Crippen MR) is 56.7 cm³/mol. The van der Waals surface area contributed by atoms with Crippen LogP contribution in [0.5, 0.6) is 0 Å². The molecule has 0 aromatic heterocycles. The van der Waals surface area contributed by atoms with Crippen molar-refractivity contribution in [3.05, 3.63) is 0 Å². The van der Waals surface area contributed by atoms with Gasteiger partial charge in [0, 0.05) is 6.04 Å². The Morgan fingerprint density at radius 1 is 1.31 bits per heavy atom. The number of sulfone groups is 1. The van der Waals surface area contributed by atoms with Gasteiger partial charge in [-0.3, -0.25) is 0 Å². The maximum absolute atomic E-state index is 11.5. The standard InChI is InChI=1S/C9H21NO2S/c1-5-6-9(10-4)7-13(11,12)8(2)3/h8-10H,5-7H2,1-4H3. The monoisotopic (exact) mass is 207 g/mol. The van der Waals surface area contributed by atoms with Gasteiger partial charge in [-0.05, 0) is 27.3 Å². The molecule has 0 aromatic rings. The third kappa shape index (κ3) is 4.62. The zero-order valence-corrected chi connectivity index (χ0v) is 9.82. The van der Waals surface area contributed by atoms with Crippen molar-refractivity contribution < 1.29 is 8.42 Å². The highest BCUT2D eigenvalue weighted by Crippen LogP contribution is 2.06. The van der Waals surface area contributed by atoms with Crippen molar-refractivity contribution in [1.29, 1.82) is 0 Å². The van der Waals surface area contributed by atoms with Gasteiger partial charge in [0.2, 0.25) is 0 Å². The first-order valence-corrected chi connectivity index (χ1v) is 6.54. The van der Waals surface area contributed by atoms with Crippen LogP contribution < -0.4 is 5.32 Å². The van der Waals surface area contributed by atoms with Crippen molar-refractivity contribution in [2.45, 2.75) is 44.9 Å². The van der Waals surface area contributed by atoms with E-state index in [1.807, 2.05) is 7.05 Å². The Morgan fingerprint density at radius 3 is 2.15 bits per heavy atom. The lowest BCUT2D eigenvalue weighted by atomic mass is 10.2. The summed E-state index contributed by atoms with van der Waals surface area (Å²) in [4.78, 5) is 0. The number of hydrogen-bond donors (Lipinski definition) is 1. The largest absolute Gasteiger partial charge is 0.316 e. The molecule has 0 fully saturated rings. The number of hydrogen-bond acceptors (Lipinski definition) is 3. The highest BCUT2D eigenvalue weighted by molar-refractivity contribution is 7.92. The fraction of sp³-hybridized carbons (Fsp3) is 1.00. The second kappa shape index (κ2) is 5.60. The van der Waals surface area contributed by atoms with Crippen LogP contribution in [0.1, 0.15) is 33.6 Å². The first kappa shape index (κ1) is 12.9. The molecule has 1 unspecified atom stereocenters. The van der Waals surface area contributed by atoms with Crippen LogP contribution in [0.4, 0.5) is 0 Å². The lowest BCUT2D eigenvalue weighted by molar-refractivity contribution is 0.532. The van der Waals surface area contributed by atoms with Gasteiger partial charge in [0.05, 0.1) is 11.0 Å². The molecule has 0 aliphatic carbocycles. The molecule has 0 amide bonds. The lowest BCUT2D eigenvalue weighted by Crippen LogP contribution is -2.35.